The van der Waals surface area contributed by atoms with Gasteiger partial charge in [-0.2, -0.15) is 0 Å². The second kappa shape index (κ2) is 5.03. The second-order valence-electron chi connectivity index (χ2n) is 3.01. The molecule has 0 unspecified atom stereocenters. The summed E-state index contributed by atoms with van der Waals surface area (Å²) in [4.78, 5) is 1.21. The van der Waals surface area contributed by atoms with Gasteiger partial charge in [0, 0.05) is 11.4 Å². The van der Waals surface area contributed by atoms with E-state index >= 15 is 0 Å². The Morgan fingerprint density at radius 3 is 2.80 bits per heavy atom. The fourth-order valence-corrected chi connectivity index (χ4v) is 3.57. The highest BCUT2D eigenvalue weighted by Gasteiger charge is 2.01. The van der Waals surface area contributed by atoms with E-state index in [0.717, 1.165) is 9.90 Å². The number of hydrogen-bond donors (Lipinski definition) is 1. The number of halogens is 1. The van der Waals surface area contributed by atoms with Gasteiger partial charge in [0.2, 0.25) is 0 Å². The third kappa shape index (κ3) is 2.98. The van der Waals surface area contributed by atoms with Gasteiger partial charge in [-0.15, -0.1) is 11.3 Å². The van der Waals surface area contributed by atoms with Crippen LogP contribution in [-0.4, -0.2) is 0 Å². The predicted molar refractivity (Wildman–Crippen MR) is 67.8 cm³/mol. The van der Waals surface area contributed by atoms with Gasteiger partial charge in [0.1, 0.15) is 0 Å². The van der Waals surface area contributed by atoms with Crippen LogP contribution < -0.4 is 5.73 Å². The minimum Gasteiger partial charge on any atom is -0.326 e. The largest absolute Gasteiger partial charge is 0.326 e. The average molecular weight is 256 g/mol. The first-order chi connectivity index (χ1) is 7.28. The van der Waals surface area contributed by atoms with Gasteiger partial charge in [0.15, 0.2) is 0 Å². The Morgan fingerprint density at radius 1 is 1.27 bits per heavy atom. The number of hydrogen-bond acceptors (Lipinski definition) is 3. The van der Waals surface area contributed by atoms with Gasteiger partial charge in [-0.1, -0.05) is 35.5 Å². The molecule has 2 N–H and O–H groups in total. The fourth-order valence-electron chi connectivity index (χ4n) is 1.20. The Kier molecular flexibility index (Phi) is 3.70. The zero-order chi connectivity index (χ0) is 10.7. The first kappa shape index (κ1) is 11.0. The van der Waals surface area contributed by atoms with Crippen molar-refractivity contribution in [2.24, 2.45) is 5.73 Å². The van der Waals surface area contributed by atoms with Gasteiger partial charge < -0.3 is 5.73 Å². The number of rotatable bonds is 3. The summed E-state index contributed by atoms with van der Waals surface area (Å²) in [6.45, 7) is 0.583. The Bertz CT molecular complexity index is 453. The van der Waals surface area contributed by atoms with Crippen LogP contribution in [0.4, 0.5) is 0 Å². The van der Waals surface area contributed by atoms with Crippen LogP contribution in [0.3, 0.4) is 0 Å². The standard InChI is InChI=1S/C11H10ClNS2/c12-10-4-5-11(15-10)14-9-3-1-2-8(6-9)7-13/h1-6H,7,13H2. The molecule has 0 saturated carbocycles. The van der Waals surface area contributed by atoms with Crippen molar-refractivity contribution in [2.75, 3.05) is 0 Å². The molecule has 1 heterocycles. The molecule has 4 heteroatoms. The maximum Gasteiger partial charge on any atom is 0.0940 e. The smallest absolute Gasteiger partial charge is 0.0940 e. The molecule has 1 aromatic carbocycles. The third-order valence-electron chi connectivity index (χ3n) is 1.90. The SMILES string of the molecule is NCc1cccc(Sc2ccc(Cl)s2)c1. The second-order valence-corrected chi connectivity index (χ2v) is 6.10. The Morgan fingerprint density at radius 2 is 2.13 bits per heavy atom. The Labute approximate surface area is 102 Å². The fraction of sp³-hybridized carbons (Fsp3) is 0.0909. The van der Waals surface area contributed by atoms with E-state index < -0.39 is 0 Å². The quantitative estimate of drug-likeness (QED) is 0.897. The van der Waals surface area contributed by atoms with Crippen molar-refractivity contribution in [3.63, 3.8) is 0 Å². The van der Waals surface area contributed by atoms with E-state index in [-0.39, 0.29) is 0 Å². The summed E-state index contributed by atoms with van der Waals surface area (Å²) in [5.74, 6) is 0. The molecule has 78 valence electrons. The van der Waals surface area contributed by atoms with Crippen molar-refractivity contribution in [1.82, 2.24) is 0 Å². The molecule has 1 aromatic heterocycles. The molecule has 0 bridgehead atoms. The minimum atomic E-state index is 0.583. The van der Waals surface area contributed by atoms with Crippen LogP contribution in [0.5, 0.6) is 0 Å². The maximum absolute atomic E-state index is 5.87. The first-order valence-electron chi connectivity index (χ1n) is 4.50. The van der Waals surface area contributed by atoms with Crippen LogP contribution in [-0.2, 0) is 6.54 Å². The zero-order valence-corrected chi connectivity index (χ0v) is 10.3. The normalized spacial score (nSPS) is 10.5. The lowest BCUT2D eigenvalue weighted by Gasteiger charge is -2.01. The zero-order valence-electron chi connectivity index (χ0n) is 7.94. The molecule has 15 heavy (non-hydrogen) atoms. The molecule has 0 amide bonds. The highest BCUT2D eigenvalue weighted by Crippen LogP contribution is 2.35. The van der Waals surface area contributed by atoms with Crippen molar-refractivity contribution in [3.05, 3.63) is 46.3 Å². The summed E-state index contributed by atoms with van der Waals surface area (Å²) >= 11 is 9.18. The molecular formula is C11H10ClNS2. The van der Waals surface area contributed by atoms with Gasteiger partial charge in [0.05, 0.1) is 8.55 Å². The summed E-state index contributed by atoms with van der Waals surface area (Å²) in [6, 6.07) is 12.2. The molecule has 0 aliphatic heterocycles. The van der Waals surface area contributed by atoms with Crippen molar-refractivity contribution in [1.29, 1.82) is 0 Å². The summed E-state index contributed by atoms with van der Waals surface area (Å²) in [5, 5.41) is 0. The van der Waals surface area contributed by atoms with Gasteiger partial charge in [-0.05, 0) is 29.8 Å². The van der Waals surface area contributed by atoms with E-state index in [1.807, 2.05) is 24.3 Å². The van der Waals surface area contributed by atoms with Crippen molar-refractivity contribution >= 4 is 34.7 Å². The highest BCUT2D eigenvalue weighted by molar-refractivity contribution is 8.01. The van der Waals surface area contributed by atoms with Crippen LogP contribution in [0.15, 0.2) is 45.5 Å². The summed E-state index contributed by atoms with van der Waals surface area (Å²) in [7, 11) is 0. The molecule has 2 rings (SSSR count). The molecule has 0 saturated heterocycles. The lowest BCUT2D eigenvalue weighted by Crippen LogP contribution is -1.95. The van der Waals surface area contributed by atoms with Crippen LogP contribution in [0.25, 0.3) is 0 Å². The van der Waals surface area contributed by atoms with E-state index in [0.29, 0.717) is 6.54 Å². The maximum atomic E-state index is 5.87. The molecule has 0 radical (unpaired) electrons. The van der Waals surface area contributed by atoms with Gasteiger partial charge >= 0.3 is 0 Å². The van der Waals surface area contributed by atoms with Crippen molar-refractivity contribution in [2.45, 2.75) is 15.6 Å². The molecule has 0 spiro atoms. The van der Waals surface area contributed by atoms with Crippen LogP contribution >= 0.6 is 34.7 Å². The average Bonchev–Trinajstić information content (AvgIpc) is 2.64. The minimum absolute atomic E-state index is 0.583. The van der Waals surface area contributed by atoms with Crippen LogP contribution in [0, 0.1) is 0 Å². The third-order valence-corrected chi connectivity index (χ3v) is 4.25. The summed E-state index contributed by atoms with van der Waals surface area (Å²) in [6.07, 6.45) is 0. The lowest BCUT2D eigenvalue weighted by molar-refractivity contribution is 1.06. The highest BCUT2D eigenvalue weighted by atomic mass is 35.5. The topological polar surface area (TPSA) is 26.0 Å². The lowest BCUT2D eigenvalue weighted by atomic mass is 10.2. The summed E-state index contributed by atoms with van der Waals surface area (Å²) < 4.78 is 2.03. The predicted octanol–water partition coefficient (Wildman–Crippen LogP) is 4.01. The molecule has 0 fully saturated rings. The van der Waals surface area contributed by atoms with E-state index in [2.05, 4.69) is 12.1 Å². The summed E-state index contributed by atoms with van der Waals surface area (Å²) in [5.41, 5.74) is 6.74. The number of nitrogens with two attached hydrogens (primary N) is 1. The molecule has 0 aliphatic rings. The monoisotopic (exact) mass is 255 g/mol. The van der Waals surface area contributed by atoms with Crippen molar-refractivity contribution < 1.29 is 0 Å². The first-order valence-corrected chi connectivity index (χ1v) is 6.51. The van der Waals surface area contributed by atoms with E-state index in [9.17, 15) is 0 Å². The molecule has 0 aliphatic carbocycles. The van der Waals surface area contributed by atoms with E-state index in [1.54, 1.807) is 23.1 Å². The molecule has 1 nitrogen and oxygen atoms in total. The van der Waals surface area contributed by atoms with E-state index in [1.165, 1.54) is 9.10 Å². The van der Waals surface area contributed by atoms with E-state index in [4.69, 9.17) is 17.3 Å². The number of benzene rings is 1. The molecule has 0 atom stereocenters. The Balaban J connectivity index is 2.16. The van der Waals surface area contributed by atoms with Crippen LogP contribution in [0.1, 0.15) is 5.56 Å². The van der Waals surface area contributed by atoms with Gasteiger partial charge in [-0.25, -0.2) is 0 Å². The van der Waals surface area contributed by atoms with Crippen LogP contribution in [0.2, 0.25) is 4.34 Å². The molecular weight excluding hydrogens is 246 g/mol. The molecule has 2 aromatic rings. The van der Waals surface area contributed by atoms with Crippen molar-refractivity contribution in [3.8, 4) is 0 Å². The Hall–Kier alpha value is -0.480. The van der Waals surface area contributed by atoms with Gasteiger partial charge in [-0.3, -0.25) is 0 Å². The van der Waals surface area contributed by atoms with Gasteiger partial charge in [0.25, 0.3) is 0 Å². The number of thiophene rings is 1.